The van der Waals surface area contributed by atoms with Gasteiger partial charge in [-0.25, -0.2) is 5.43 Å². The summed E-state index contributed by atoms with van der Waals surface area (Å²) in [7, 11) is 0. The van der Waals surface area contributed by atoms with Crippen LogP contribution in [0.3, 0.4) is 0 Å². The number of benzene rings is 1. The van der Waals surface area contributed by atoms with Crippen molar-refractivity contribution in [1.29, 1.82) is 0 Å². The van der Waals surface area contributed by atoms with Gasteiger partial charge in [-0.3, -0.25) is 0 Å². The number of anilines is 1. The predicted octanol–water partition coefficient (Wildman–Crippen LogP) is 5.92. The van der Waals surface area contributed by atoms with Gasteiger partial charge >= 0.3 is 0 Å². The van der Waals surface area contributed by atoms with Crippen LogP contribution in [-0.2, 0) is 4.74 Å². The van der Waals surface area contributed by atoms with Crippen molar-refractivity contribution in [3.8, 4) is 0 Å². The van der Waals surface area contributed by atoms with E-state index in [1.807, 2.05) is 19.9 Å². The molecular weight excluding hydrogens is 319 g/mol. The van der Waals surface area contributed by atoms with E-state index in [1.165, 1.54) is 0 Å². The average molecular weight is 349 g/mol. The molecule has 0 aliphatic heterocycles. The maximum atomic E-state index is 5.98. The summed E-state index contributed by atoms with van der Waals surface area (Å²) in [5.41, 5.74) is 7.35. The Morgan fingerprint density at radius 2 is 1.77 bits per heavy atom. The highest BCUT2D eigenvalue weighted by Crippen LogP contribution is 2.25. The zero-order valence-electron chi connectivity index (χ0n) is 14.4. The Labute approximate surface area is 145 Å². The summed E-state index contributed by atoms with van der Waals surface area (Å²) < 4.78 is 5.49. The quantitative estimate of drug-likeness (QED) is 0.429. The molecule has 1 aromatic rings. The van der Waals surface area contributed by atoms with E-state index in [-0.39, 0.29) is 5.54 Å². The molecule has 1 aromatic carbocycles. The maximum absolute atomic E-state index is 5.98. The van der Waals surface area contributed by atoms with E-state index in [0.29, 0.717) is 10.0 Å². The molecule has 0 amide bonds. The van der Waals surface area contributed by atoms with E-state index < -0.39 is 0 Å². The molecule has 0 atom stereocenters. The number of ether oxygens (including phenoxy) is 1. The van der Waals surface area contributed by atoms with E-state index >= 15 is 0 Å². The van der Waals surface area contributed by atoms with Crippen molar-refractivity contribution in [3.63, 3.8) is 0 Å². The van der Waals surface area contributed by atoms with Crippen LogP contribution in [0.2, 0.25) is 10.0 Å². The SMILES string of the molecule is CC.CCCOCCCC(C)(C)NNc1ccc(Cl)c(Cl)c1. The van der Waals surface area contributed by atoms with Crippen molar-refractivity contribution in [1.82, 2.24) is 5.43 Å². The lowest BCUT2D eigenvalue weighted by Gasteiger charge is -2.27. The second-order valence-electron chi connectivity index (χ2n) is 5.48. The summed E-state index contributed by atoms with van der Waals surface area (Å²) in [4.78, 5) is 0. The molecule has 0 heterocycles. The summed E-state index contributed by atoms with van der Waals surface area (Å²) in [5, 5.41) is 1.11. The highest BCUT2D eigenvalue weighted by atomic mass is 35.5. The molecule has 2 N–H and O–H groups in total. The van der Waals surface area contributed by atoms with Crippen LogP contribution < -0.4 is 10.9 Å². The largest absolute Gasteiger partial charge is 0.381 e. The Balaban J connectivity index is 0.00000211. The monoisotopic (exact) mass is 348 g/mol. The Bertz CT molecular complexity index is 412. The van der Waals surface area contributed by atoms with Crippen LogP contribution >= 0.6 is 23.2 Å². The molecule has 1 rings (SSSR count). The van der Waals surface area contributed by atoms with Crippen molar-refractivity contribution < 1.29 is 4.74 Å². The van der Waals surface area contributed by atoms with E-state index in [9.17, 15) is 0 Å². The zero-order chi connectivity index (χ0) is 17.0. The molecule has 5 heteroatoms. The van der Waals surface area contributed by atoms with Gasteiger partial charge in [0.05, 0.1) is 15.7 Å². The van der Waals surface area contributed by atoms with Gasteiger partial charge in [0.15, 0.2) is 0 Å². The molecule has 0 radical (unpaired) electrons. The van der Waals surface area contributed by atoms with E-state index in [4.69, 9.17) is 27.9 Å². The molecule has 0 aromatic heterocycles. The van der Waals surface area contributed by atoms with Crippen LogP contribution in [0.5, 0.6) is 0 Å². The smallest absolute Gasteiger partial charge is 0.0613 e. The molecule has 0 saturated carbocycles. The second kappa shape index (κ2) is 12.0. The van der Waals surface area contributed by atoms with Gasteiger partial charge in [0.1, 0.15) is 0 Å². The van der Waals surface area contributed by atoms with Gasteiger partial charge in [-0.15, -0.1) is 0 Å². The Morgan fingerprint density at radius 3 is 2.36 bits per heavy atom. The lowest BCUT2D eigenvalue weighted by atomic mass is 10.00. The van der Waals surface area contributed by atoms with E-state index in [1.54, 1.807) is 12.1 Å². The fraction of sp³-hybridized carbons (Fsp3) is 0.647. The third-order valence-corrected chi connectivity index (χ3v) is 3.64. The third-order valence-electron chi connectivity index (χ3n) is 2.90. The minimum absolute atomic E-state index is 0.0261. The molecule has 0 unspecified atom stereocenters. The van der Waals surface area contributed by atoms with Crippen molar-refractivity contribution >= 4 is 28.9 Å². The summed E-state index contributed by atoms with van der Waals surface area (Å²) in [5.74, 6) is 0. The first-order valence-electron chi connectivity index (χ1n) is 8.00. The van der Waals surface area contributed by atoms with Gasteiger partial charge in [0.25, 0.3) is 0 Å². The molecule has 0 bridgehead atoms. The predicted molar refractivity (Wildman–Crippen MR) is 99.0 cm³/mol. The van der Waals surface area contributed by atoms with Crippen LogP contribution in [-0.4, -0.2) is 18.8 Å². The summed E-state index contributed by atoms with van der Waals surface area (Å²) in [6.07, 6.45) is 3.12. The van der Waals surface area contributed by atoms with Gasteiger partial charge in [-0.1, -0.05) is 44.0 Å². The standard InChI is InChI=1S/C15H24Cl2N2O.C2H6/c1-4-9-20-10-5-8-15(2,3)19-18-12-6-7-13(16)14(17)11-12;1-2/h6-7,11,18-19H,4-5,8-10H2,1-3H3;1-2H3. The number of hydrogen-bond donors (Lipinski definition) is 2. The summed E-state index contributed by atoms with van der Waals surface area (Å²) in [6.45, 7) is 12.1. The molecule has 0 fully saturated rings. The van der Waals surface area contributed by atoms with E-state index in [2.05, 4.69) is 31.6 Å². The van der Waals surface area contributed by atoms with Gasteiger partial charge in [0, 0.05) is 18.8 Å². The van der Waals surface area contributed by atoms with Crippen molar-refractivity contribution in [2.24, 2.45) is 0 Å². The van der Waals surface area contributed by atoms with Gasteiger partial charge in [-0.2, -0.15) is 0 Å². The fourth-order valence-corrected chi connectivity index (χ4v) is 2.04. The number of rotatable bonds is 9. The number of halogens is 2. The van der Waals surface area contributed by atoms with Gasteiger partial charge in [0.2, 0.25) is 0 Å². The maximum Gasteiger partial charge on any atom is 0.0613 e. The lowest BCUT2D eigenvalue weighted by molar-refractivity contribution is 0.125. The van der Waals surface area contributed by atoms with Crippen LogP contribution in [0.4, 0.5) is 5.69 Å². The second-order valence-corrected chi connectivity index (χ2v) is 6.29. The Kier molecular flexibility index (Phi) is 11.7. The molecule has 3 nitrogen and oxygen atoms in total. The van der Waals surface area contributed by atoms with E-state index in [0.717, 1.165) is 38.2 Å². The summed E-state index contributed by atoms with van der Waals surface area (Å²) in [6, 6.07) is 5.47. The molecule has 128 valence electrons. The topological polar surface area (TPSA) is 33.3 Å². The molecule has 0 spiro atoms. The van der Waals surface area contributed by atoms with Crippen LogP contribution in [0, 0.1) is 0 Å². The van der Waals surface area contributed by atoms with Crippen LogP contribution in [0.25, 0.3) is 0 Å². The molecule has 22 heavy (non-hydrogen) atoms. The molecule has 0 saturated heterocycles. The normalized spacial score (nSPS) is 10.9. The highest BCUT2D eigenvalue weighted by molar-refractivity contribution is 6.42. The van der Waals surface area contributed by atoms with Crippen LogP contribution in [0.15, 0.2) is 18.2 Å². The van der Waals surface area contributed by atoms with Gasteiger partial charge < -0.3 is 10.2 Å². The Morgan fingerprint density at radius 1 is 1.09 bits per heavy atom. The lowest BCUT2D eigenvalue weighted by Crippen LogP contribution is -2.43. The van der Waals surface area contributed by atoms with Crippen molar-refractivity contribution in [3.05, 3.63) is 28.2 Å². The first kappa shape index (κ1) is 21.5. The molecule has 0 aliphatic carbocycles. The Hall–Kier alpha value is -0.480. The first-order valence-corrected chi connectivity index (χ1v) is 8.76. The fourth-order valence-electron chi connectivity index (χ4n) is 1.74. The third kappa shape index (κ3) is 9.52. The summed E-state index contributed by atoms with van der Waals surface area (Å²) >= 11 is 11.9. The molecule has 0 aliphatic rings. The average Bonchev–Trinajstić information content (AvgIpc) is 2.50. The van der Waals surface area contributed by atoms with Crippen molar-refractivity contribution in [2.45, 2.75) is 59.4 Å². The van der Waals surface area contributed by atoms with Crippen molar-refractivity contribution in [2.75, 3.05) is 18.6 Å². The number of hydrazine groups is 1. The zero-order valence-corrected chi connectivity index (χ0v) is 15.9. The first-order chi connectivity index (χ1) is 10.4. The van der Waals surface area contributed by atoms with Gasteiger partial charge in [-0.05, 0) is 51.3 Å². The highest BCUT2D eigenvalue weighted by Gasteiger charge is 2.16. The van der Waals surface area contributed by atoms with Crippen LogP contribution in [0.1, 0.15) is 53.9 Å². The number of hydrogen-bond acceptors (Lipinski definition) is 3. The minimum atomic E-state index is -0.0261. The molecular formula is C17H30Cl2N2O. The minimum Gasteiger partial charge on any atom is -0.381 e. The number of nitrogens with one attached hydrogen (secondary N) is 2.